The maximum atomic E-state index is 11.2. The topological polar surface area (TPSA) is 123 Å². The van der Waals surface area contributed by atoms with E-state index in [0.29, 0.717) is 18.1 Å². The molecule has 0 fully saturated rings. The number of hydrogen-bond donors (Lipinski definition) is 4. The summed E-state index contributed by atoms with van der Waals surface area (Å²) in [6.45, 7) is 0.469. The summed E-state index contributed by atoms with van der Waals surface area (Å²) in [7, 11) is 0. The first-order chi connectivity index (χ1) is 8.16. The van der Waals surface area contributed by atoms with Gasteiger partial charge in [-0.3, -0.25) is 4.79 Å². The Kier molecular flexibility index (Phi) is 2.91. The number of nitrogen functional groups attached to an aromatic ring is 1. The molecule has 0 aliphatic heterocycles. The molecule has 2 rings (SSSR count). The fraction of sp³-hybridized carbons (Fsp3) is 0.100. The molecule has 0 radical (unpaired) electrons. The third-order valence-corrected chi connectivity index (χ3v) is 2.18. The minimum atomic E-state index is -0.572. The number of nitrogens with two attached hydrogens (primary N) is 2. The van der Waals surface area contributed by atoms with Crippen LogP contribution in [0, 0.1) is 0 Å². The van der Waals surface area contributed by atoms with Crippen LogP contribution in [0.4, 0.5) is 11.5 Å². The quantitative estimate of drug-likeness (QED) is 0.595. The number of nitrogens with one attached hydrogen (secondary N) is 2. The summed E-state index contributed by atoms with van der Waals surface area (Å²) in [4.78, 5) is 22.0. The lowest BCUT2D eigenvalue weighted by Gasteiger charge is -2.08. The summed E-state index contributed by atoms with van der Waals surface area (Å²) in [5.41, 5.74) is 12.3. The van der Waals surface area contributed by atoms with E-state index in [4.69, 9.17) is 11.5 Å². The summed E-state index contributed by atoms with van der Waals surface area (Å²) in [5.74, 6) is -0.168. The second-order valence-electron chi connectivity index (χ2n) is 3.46. The first-order valence-corrected chi connectivity index (χ1v) is 4.93. The Morgan fingerprint density at radius 2 is 2.29 bits per heavy atom. The highest BCUT2D eigenvalue weighted by molar-refractivity contribution is 5.98. The molecule has 7 nitrogen and oxygen atoms in total. The summed E-state index contributed by atoms with van der Waals surface area (Å²) in [6.07, 6.45) is 4.71. The molecule has 0 saturated heterocycles. The Bertz CT molecular complexity index is 522. The number of imidazole rings is 1. The Morgan fingerprint density at radius 1 is 1.47 bits per heavy atom. The summed E-state index contributed by atoms with van der Waals surface area (Å²) < 4.78 is 0. The molecule has 0 unspecified atom stereocenters. The molecule has 2 aromatic rings. The molecule has 0 aromatic carbocycles. The van der Waals surface area contributed by atoms with Gasteiger partial charge < -0.3 is 21.8 Å². The molecule has 6 N–H and O–H groups in total. The third-order valence-electron chi connectivity index (χ3n) is 2.18. The molecule has 0 aliphatic rings. The van der Waals surface area contributed by atoms with Gasteiger partial charge in [-0.05, 0) is 6.07 Å². The second kappa shape index (κ2) is 4.52. The Hall–Kier alpha value is -2.57. The number of rotatable bonds is 4. The number of hydrogen-bond acceptors (Lipinski definition) is 5. The van der Waals surface area contributed by atoms with E-state index < -0.39 is 5.91 Å². The SMILES string of the molecule is NC(=O)c1cc(N)cnc1NCc1cnc[nH]1. The molecule has 7 heteroatoms. The monoisotopic (exact) mass is 232 g/mol. The molecule has 1 amide bonds. The Morgan fingerprint density at radius 3 is 2.94 bits per heavy atom. The average molecular weight is 232 g/mol. The van der Waals surface area contributed by atoms with E-state index in [1.807, 2.05) is 0 Å². The van der Waals surface area contributed by atoms with Crippen molar-refractivity contribution >= 4 is 17.4 Å². The number of primary amides is 1. The first-order valence-electron chi connectivity index (χ1n) is 4.93. The number of nitrogens with zero attached hydrogens (tertiary/aromatic N) is 2. The van der Waals surface area contributed by atoms with Crippen LogP contribution in [0.5, 0.6) is 0 Å². The van der Waals surface area contributed by atoms with Crippen molar-refractivity contribution in [2.24, 2.45) is 5.73 Å². The molecule has 0 aliphatic carbocycles. The van der Waals surface area contributed by atoms with Gasteiger partial charge in [0.15, 0.2) is 0 Å². The molecule has 0 atom stereocenters. The van der Waals surface area contributed by atoms with Gasteiger partial charge in [-0.2, -0.15) is 0 Å². The zero-order valence-corrected chi connectivity index (χ0v) is 8.97. The number of carbonyl (C=O) groups is 1. The Labute approximate surface area is 97.3 Å². The number of aromatic amines is 1. The van der Waals surface area contributed by atoms with Crippen LogP contribution < -0.4 is 16.8 Å². The van der Waals surface area contributed by atoms with E-state index in [0.717, 1.165) is 5.69 Å². The van der Waals surface area contributed by atoms with Gasteiger partial charge in [-0.15, -0.1) is 0 Å². The smallest absolute Gasteiger partial charge is 0.252 e. The molecule has 2 aromatic heterocycles. The highest BCUT2D eigenvalue weighted by atomic mass is 16.1. The van der Waals surface area contributed by atoms with E-state index in [1.54, 1.807) is 12.5 Å². The van der Waals surface area contributed by atoms with Crippen molar-refractivity contribution in [3.05, 3.63) is 36.0 Å². The van der Waals surface area contributed by atoms with Crippen molar-refractivity contribution in [2.75, 3.05) is 11.1 Å². The van der Waals surface area contributed by atoms with E-state index in [-0.39, 0.29) is 5.56 Å². The van der Waals surface area contributed by atoms with Crippen LogP contribution in [-0.2, 0) is 6.54 Å². The van der Waals surface area contributed by atoms with Crippen molar-refractivity contribution in [2.45, 2.75) is 6.54 Å². The van der Waals surface area contributed by atoms with Gasteiger partial charge in [0.2, 0.25) is 0 Å². The zero-order chi connectivity index (χ0) is 12.3. The van der Waals surface area contributed by atoms with Crippen LogP contribution in [0.3, 0.4) is 0 Å². The van der Waals surface area contributed by atoms with Crippen LogP contribution in [-0.4, -0.2) is 20.9 Å². The summed E-state index contributed by atoms with van der Waals surface area (Å²) in [5, 5.41) is 2.99. The van der Waals surface area contributed by atoms with Crippen LogP contribution >= 0.6 is 0 Å². The maximum Gasteiger partial charge on any atom is 0.252 e. The number of pyridine rings is 1. The van der Waals surface area contributed by atoms with E-state index in [1.165, 1.54) is 12.3 Å². The van der Waals surface area contributed by atoms with Gasteiger partial charge in [0.1, 0.15) is 5.82 Å². The van der Waals surface area contributed by atoms with Gasteiger partial charge in [0.05, 0.1) is 36.0 Å². The number of carbonyl (C=O) groups excluding carboxylic acids is 1. The van der Waals surface area contributed by atoms with Crippen LogP contribution in [0.25, 0.3) is 0 Å². The lowest BCUT2D eigenvalue weighted by Crippen LogP contribution is -2.16. The predicted molar refractivity (Wildman–Crippen MR) is 63.1 cm³/mol. The minimum Gasteiger partial charge on any atom is -0.397 e. The van der Waals surface area contributed by atoms with Gasteiger partial charge in [0, 0.05) is 6.20 Å². The molecular weight excluding hydrogens is 220 g/mol. The number of aromatic nitrogens is 3. The van der Waals surface area contributed by atoms with Gasteiger partial charge >= 0.3 is 0 Å². The van der Waals surface area contributed by atoms with Crippen LogP contribution in [0.1, 0.15) is 16.1 Å². The average Bonchev–Trinajstić information content (AvgIpc) is 2.80. The van der Waals surface area contributed by atoms with E-state index >= 15 is 0 Å². The molecule has 17 heavy (non-hydrogen) atoms. The molecule has 2 heterocycles. The van der Waals surface area contributed by atoms with Gasteiger partial charge in [-0.1, -0.05) is 0 Å². The number of anilines is 2. The van der Waals surface area contributed by atoms with Gasteiger partial charge in [-0.25, -0.2) is 9.97 Å². The molecule has 88 valence electrons. The minimum absolute atomic E-state index is 0.268. The fourth-order valence-corrected chi connectivity index (χ4v) is 1.37. The van der Waals surface area contributed by atoms with Crippen molar-refractivity contribution in [1.82, 2.24) is 15.0 Å². The standard InChI is InChI=1S/C10H12N6O/c11-6-1-8(9(12)17)10(14-2-6)15-4-7-3-13-5-16-7/h1-3,5H,4,11H2,(H2,12,17)(H,13,16)(H,14,15). The maximum absolute atomic E-state index is 11.2. The third kappa shape index (κ3) is 2.51. The molecule has 0 bridgehead atoms. The zero-order valence-electron chi connectivity index (χ0n) is 8.97. The lowest BCUT2D eigenvalue weighted by atomic mass is 10.2. The molecular formula is C10H12N6O. The van der Waals surface area contributed by atoms with E-state index in [2.05, 4.69) is 20.3 Å². The highest BCUT2D eigenvalue weighted by Crippen LogP contribution is 2.15. The van der Waals surface area contributed by atoms with Gasteiger partial charge in [0.25, 0.3) is 5.91 Å². The second-order valence-corrected chi connectivity index (χ2v) is 3.46. The number of amides is 1. The van der Waals surface area contributed by atoms with E-state index in [9.17, 15) is 4.79 Å². The molecule has 0 spiro atoms. The summed E-state index contributed by atoms with van der Waals surface area (Å²) in [6, 6.07) is 1.49. The normalized spacial score (nSPS) is 10.1. The first kappa shape index (κ1) is 10.9. The van der Waals surface area contributed by atoms with Crippen molar-refractivity contribution < 1.29 is 4.79 Å². The van der Waals surface area contributed by atoms with Crippen molar-refractivity contribution in [3.8, 4) is 0 Å². The fourth-order valence-electron chi connectivity index (χ4n) is 1.37. The van der Waals surface area contributed by atoms with Crippen molar-refractivity contribution in [3.63, 3.8) is 0 Å². The largest absolute Gasteiger partial charge is 0.397 e. The summed E-state index contributed by atoms with van der Waals surface area (Å²) >= 11 is 0. The number of H-pyrrole nitrogens is 1. The lowest BCUT2D eigenvalue weighted by molar-refractivity contribution is 0.100. The van der Waals surface area contributed by atoms with Crippen LogP contribution in [0.2, 0.25) is 0 Å². The molecule has 0 saturated carbocycles. The predicted octanol–water partition coefficient (Wildman–Crippen LogP) is 0.0979. The Balaban J connectivity index is 2.17. The van der Waals surface area contributed by atoms with Crippen LogP contribution in [0.15, 0.2) is 24.8 Å². The highest BCUT2D eigenvalue weighted by Gasteiger charge is 2.10. The van der Waals surface area contributed by atoms with Crippen molar-refractivity contribution in [1.29, 1.82) is 0 Å².